The number of rotatable bonds is 0. The van der Waals surface area contributed by atoms with E-state index in [9.17, 15) is 0 Å². The van der Waals surface area contributed by atoms with Crippen LogP contribution in [0.3, 0.4) is 0 Å². The van der Waals surface area contributed by atoms with E-state index in [1.165, 1.54) is 5.56 Å². The van der Waals surface area contributed by atoms with Crippen LogP contribution >= 0.6 is 24.8 Å². The Bertz CT molecular complexity index is 141. The van der Waals surface area contributed by atoms with E-state index >= 15 is 0 Å². The van der Waals surface area contributed by atoms with Gasteiger partial charge >= 0.3 is 0 Å². The van der Waals surface area contributed by atoms with E-state index in [-0.39, 0.29) is 24.8 Å². The van der Waals surface area contributed by atoms with Crippen molar-refractivity contribution in [2.45, 2.75) is 6.92 Å². The molecule has 0 unspecified atom stereocenters. The number of halogens is 2. The first-order valence-corrected chi connectivity index (χ1v) is 2.26. The molecule has 0 spiro atoms. The highest BCUT2D eigenvalue weighted by Gasteiger charge is 1.73. The van der Waals surface area contributed by atoms with Gasteiger partial charge in [-0.05, 0) is 18.6 Å². The van der Waals surface area contributed by atoms with Gasteiger partial charge in [0.05, 0.1) is 0 Å². The number of hydrogen-bond acceptors (Lipinski definition) is 1. The molecular weight excluding hydrogens is 157 g/mol. The molecule has 1 aromatic rings. The largest absolute Gasteiger partial charge is 0.264 e. The van der Waals surface area contributed by atoms with Gasteiger partial charge in [-0.25, -0.2) is 0 Å². The van der Waals surface area contributed by atoms with Gasteiger partial charge < -0.3 is 0 Å². The van der Waals surface area contributed by atoms with Crippen molar-refractivity contribution in [1.82, 2.24) is 4.98 Å². The summed E-state index contributed by atoms with van der Waals surface area (Å²) in [6.45, 7) is 2.02. The molecule has 0 saturated heterocycles. The van der Waals surface area contributed by atoms with E-state index in [1.54, 1.807) is 6.20 Å². The lowest BCUT2D eigenvalue weighted by Gasteiger charge is -1.82. The molecule has 0 aliphatic rings. The van der Waals surface area contributed by atoms with Gasteiger partial charge in [0.1, 0.15) is 0 Å². The van der Waals surface area contributed by atoms with Crippen molar-refractivity contribution in [3.63, 3.8) is 0 Å². The number of hydrogen-bond donors (Lipinski definition) is 0. The van der Waals surface area contributed by atoms with Gasteiger partial charge in [0.25, 0.3) is 0 Å². The Hall–Kier alpha value is -0.270. The zero-order valence-electron chi connectivity index (χ0n) is 5.07. The maximum absolute atomic E-state index is 3.88. The quantitative estimate of drug-likeness (QED) is 0.575. The second-order valence-electron chi connectivity index (χ2n) is 1.53. The predicted molar refractivity (Wildman–Crippen MR) is 43.5 cm³/mol. The first-order chi connectivity index (χ1) is 3.39. The highest BCUT2D eigenvalue weighted by Crippen LogP contribution is 1.88. The minimum absolute atomic E-state index is 0. The standard InChI is InChI=1S/C6H7N.2ClH/c1-6-3-2-4-7-5-6;;/h2-5H,1H3;2*1H. The Labute approximate surface area is 67.3 Å². The Morgan fingerprint density at radius 2 is 2.00 bits per heavy atom. The first kappa shape index (κ1) is 11.5. The minimum Gasteiger partial charge on any atom is -0.264 e. The van der Waals surface area contributed by atoms with Crippen molar-refractivity contribution in [3.8, 4) is 0 Å². The van der Waals surface area contributed by atoms with E-state index < -0.39 is 0 Å². The lowest BCUT2D eigenvalue weighted by molar-refractivity contribution is 1.27. The van der Waals surface area contributed by atoms with E-state index in [2.05, 4.69) is 4.98 Å². The van der Waals surface area contributed by atoms with Crippen molar-refractivity contribution < 1.29 is 0 Å². The summed E-state index contributed by atoms with van der Waals surface area (Å²) >= 11 is 0. The summed E-state index contributed by atoms with van der Waals surface area (Å²) in [6.07, 6.45) is 3.60. The summed E-state index contributed by atoms with van der Waals surface area (Å²) < 4.78 is 0. The lowest BCUT2D eigenvalue weighted by atomic mass is 10.3. The summed E-state index contributed by atoms with van der Waals surface area (Å²) in [6, 6.07) is 3.95. The van der Waals surface area contributed by atoms with E-state index in [4.69, 9.17) is 0 Å². The van der Waals surface area contributed by atoms with Gasteiger partial charge in [0.2, 0.25) is 0 Å². The first-order valence-electron chi connectivity index (χ1n) is 2.26. The normalized spacial score (nSPS) is 6.78. The van der Waals surface area contributed by atoms with Gasteiger partial charge in [-0.3, -0.25) is 4.98 Å². The number of aryl methyl sites for hydroxylation is 1. The molecule has 0 aromatic carbocycles. The number of aromatic nitrogens is 1. The zero-order chi connectivity index (χ0) is 5.11. The molecule has 0 aliphatic heterocycles. The summed E-state index contributed by atoms with van der Waals surface area (Å²) in [5.74, 6) is 0. The van der Waals surface area contributed by atoms with Crippen molar-refractivity contribution in [2.75, 3.05) is 0 Å². The predicted octanol–water partition coefficient (Wildman–Crippen LogP) is 2.23. The molecular formula is C6H9Cl2N. The van der Waals surface area contributed by atoms with Crippen LogP contribution in [0.15, 0.2) is 24.5 Å². The van der Waals surface area contributed by atoms with Gasteiger partial charge in [-0.15, -0.1) is 24.8 Å². The van der Waals surface area contributed by atoms with Crippen molar-refractivity contribution in [2.24, 2.45) is 0 Å². The molecule has 0 atom stereocenters. The molecule has 1 nitrogen and oxygen atoms in total. The average molecular weight is 166 g/mol. The van der Waals surface area contributed by atoms with Crippen molar-refractivity contribution in [1.29, 1.82) is 0 Å². The maximum Gasteiger partial charge on any atom is 0.0297 e. The second-order valence-corrected chi connectivity index (χ2v) is 1.53. The molecule has 0 bridgehead atoms. The third kappa shape index (κ3) is 4.25. The Morgan fingerprint density at radius 1 is 1.33 bits per heavy atom. The fraction of sp³-hybridized carbons (Fsp3) is 0.167. The summed E-state index contributed by atoms with van der Waals surface area (Å²) in [5.41, 5.74) is 1.21. The summed E-state index contributed by atoms with van der Waals surface area (Å²) in [7, 11) is 0. The van der Waals surface area contributed by atoms with Crippen LogP contribution in [0.5, 0.6) is 0 Å². The third-order valence-electron chi connectivity index (χ3n) is 0.809. The molecule has 52 valence electrons. The van der Waals surface area contributed by atoms with Gasteiger partial charge in [0.15, 0.2) is 0 Å². The summed E-state index contributed by atoms with van der Waals surface area (Å²) in [4.78, 5) is 3.88. The van der Waals surface area contributed by atoms with Crippen LogP contribution < -0.4 is 0 Å². The van der Waals surface area contributed by atoms with Gasteiger partial charge in [-0.1, -0.05) is 6.07 Å². The average Bonchev–Trinajstić information content (AvgIpc) is 1.69. The molecule has 0 aliphatic carbocycles. The van der Waals surface area contributed by atoms with Crippen LogP contribution in [0, 0.1) is 6.92 Å². The molecule has 0 fully saturated rings. The zero-order valence-corrected chi connectivity index (χ0v) is 6.71. The Balaban J connectivity index is 0. The van der Waals surface area contributed by atoms with Gasteiger partial charge in [0, 0.05) is 12.4 Å². The van der Waals surface area contributed by atoms with Crippen LogP contribution in [-0.4, -0.2) is 4.98 Å². The molecule has 1 aromatic heterocycles. The summed E-state index contributed by atoms with van der Waals surface area (Å²) in [5, 5.41) is 0. The molecule has 3 heteroatoms. The minimum atomic E-state index is 0. The third-order valence-corrected chi connectivity index (χ3v) is 0.809. The van der Waals surface area contributed by atoms with Crippen LogP contribution in [-0.2, 0) is 0 Å². The number of nitrogens with zero attached hydrogens (tertiary/aromatic N) is 1. The smallest absolute Gasteiger partial charge is 0.0297 e. The molecule has 0 N–H and O–H groups in total. The second kappa shape index (κ2) is 5.86. The highest BCUT2D eigenvalue weighted by atomic mass is 35.5. The molecule has 0 amide bonds. The Morgan fingerprint density at radius 3 is 2.22 bits per heavy atom. The van der Waals surface area contributed by atoms with Crippen molar-refractivity contribution in [3.05, 3.63) is 30.1 Å². The molecule has 9 heavy (non-hydrogen) atoms. The highest BCUT2D eigenvalue weighted by molar-refractivity contribution is 5.85. The van der Waals surface area contributed by atoms with Crippen LogP contribution in [0.2, 0.25) is 0 Å². The fourth-order valence-electron chi connectivity index (χ4n) is 0.448. The molecule has 1 rings (SSSR count). The van der Waals surface area contributed by atoms with E-state index in [0.29, 0.717) is 0 Å². The molecule has 0 radical (unpaired) electrons. The van der Waals surface area contributed by atoms with Crippen LogP contribution in [0.4, 0.5) is 0 Å². The Kier molecular flexibility index (Phi) is 7.50. The fourth-order valence-corrected chi connectivity index (χ4v) is 0.448. The molecule has 1 heterocycles. The van der Waals surface area contributed by atoms with Crippen LogP contribution in [0.25, 0.3) is 0 Å². The lowest BCUT2D eigenvalue weighted by Crippen LogP contribution is -1.69. The van der Waals surface area contributed by atoms with Gasteiger partial charge in [-0.2, -0.15) is 0 Å². The maximum atomic E-state index is 3.88. The molecule has 0 saturated carbocycles. The topological polar surface area (TPSA) is 12.9 Å². The number of pyridine rings is 1. The monoisotopic (exact) mass is 165 g/mol. The van der Waals surface area contributed by atoms with E-state index in [1.807, 2.05) is 25.3 Å². The van der Waals surface area contributed by atoms with E-state index in [0.717, 1.165) is 0 Å². The SMILES string of the molecule is Cc1cccnc1.Cl.Cl. The van der Waals surface area contributed by atoms with Crippen molar-refractivity contribution >= 4 is 24.8 Å². The van der Waals surface area contributed by atoms with Crippen LogP contribution in [0.1, 0.15) is 5.56 Å².